The lowest BCUT2D eigenvalue weighted by Crippen LogP contribution is -2.06. The van der Waals surface area contributed by atoms with Gasteiger partial charge in [-0.2, -0.15) is 5.26 Å². The van der Waals surface area contributed by atoms with E-state index in [1.807, 2.05) is 24.3 Å². The molecular formula is C24H20BrN5O. The molecule has 6 nitrogen and oxygen atoms in total. The van der Waals surface area contributed by atoms with E-state index in [0.717, 1.165) is 4.60 Å². The fourth-order valence-electron chi connectivity index (χ4n) is 2.28. The topological polar surface area (TPSA) is 119 Å². The van der Waals surface area contributed by atoms with E-state index in [0.29, 0.717) is 28.2 Å². The predicted octanol–water partition coefficient (Wildman–Crippen LogP) is 4.88. The van der Waals surface area contributed by atoms with Crippen molar-refractivity contribution in [3.63, 3.8) is 0 Å². The number of anilines is 2. The highest BCUT2D eigenvalue weighted by molar-refractivity contribution is 9.10. The molecule has 31 heavy (non-hydrogen) atoms. The number of hydrogen-bond acceptors (Lipinski definition) is 6. The zero-order valence-electron chi connectivity index (χ0n) is 16.5. The second-order valence-corrected chi connectivity index (χ2v) is 6.80. The maximum absolute atomic E-state index is 11.9. The van der Waals surface area contributed by atoms with E-state index in [4.69, 9.17) is 16.7 Å². The van der Waals surface area contributed by atoms with Gasteiger partial charge < -0.3 is 11.5 Å². The number of benzene rings is 2. The standard InChI is InChI=1S/C12H10N2O.C7H6N2.C5H4BrN/c13-10-6-2-1-5-9(10)12(15)11-7-3-4-8-14-11;8-5-6-3-1-2-4-7(6)9;6-5-3-1-2-4-7-5/h1-8H,13H2;1-4H,9H2;1-4H. The van der Waals surface area contributed by atoms with Crippen molar-refractivity contribution >= 4 is 33.1 Å². The van der Waals surface area contributed by atoms with Gasteiger partial charge in [0.1, 0.15) is 16.4 Å². The predicted molar refractivity (Wildman–Crippen MR) is 126 cm³/mol. The number of halogens is 1. The maximum atomic E-state index is 11.9. The van der Waals surface area contributed by atoms with Gasteiger partial charge in [0.2, 0.25) is 5.78 Å². The number of nitrogens with zero attached hydrogens (tertiary/aromatic N) is 3. The van der Waals surface area contributed by atoms with Crippen molar-refractivity contribution in [2.75, 3.05) is 11.5 Å². The summed E-state index contributed by atoms with van der Waals surface area (Å²) in [5.74, 6) is -0.145. The molecule has 0 aliphatic rings. The molecule has 4 aromatic rings. The van der Waals surface area contributed by atoms with Gasteiger partial charge in [0.05, 0.1) is 5.56 Å². The molecule has 0 bridgehead atoms. The first kappa shape index (κ1) is 23.3. The van der Waals surface area contributed by atoms with Gasteiger partial charge in [0.25, 0.3) is 0 Å². The van der Waals surface area contributed by atoms with Gasteiger partial charge >= 0.3 is 0 Å². The number of carbonyl (C=O) groups is 1. The van der Waals surface area contributed by atoms with E-state index in [1.165, 1.54) is 0 Å². The SMILES string of the molecule is Brc1ccccn1.N#Cc1ccccc1N.Nc1ccccc1C(=O)c1ccccn1. The lowest BCUT2D eigenvalue weighted by molar-refractivity contribution is 0.103. The first-order valence-electron chi connectivity index (χ1n) is 9.14. The highest BCUT2D eigenvalue weighted by atomic mass is 79.9. The first-order chi connectivity index (χ1) is 15.0. The number of hydrogen-bond donors (Lipinski definition) is 2. The summed E-state index contributed by atoms with van der Waals surface area (Å²) in [7, 11) is 0. The molecule has 0 radical (unpaired) electrons. The highest BCUT2D eigenvalue weighted by Gasteiger charge is 2.11. The van der Waals surface area contributed by atoms with Crippen LogP contribution < -0.4 is 11.5 Å². The fourth-order valence-corrected chi connectivity index (χ4v) is 2.55. The highest BCUT2D eigenvalue weighted by Crippen LogP contribution is 2.14. The van der Waals surface area contributed by atoms with Crippen molar-refractivity contribution in [3.05, 3.63) is 119 Å². The van der Waals surface area contributed by atoms with Crippen molar-refractivity contribution < 1.29 is 4.79 Å². The summed E-state index contributed by atoms with van der Waals surface area (Å²) in [6.45, 7) is 0. The van der Waals surface area contributed by atoms with Gasteiger partial charge in [0, 0.05) is 29.3 Å². The third kappa shape index (κ3) is 7.72. The molecule has 2 aromatic heterocycles. The Morgan fingerprint density at radius 3 is 1.81 bits per heavy atom. The molecule has 0 aliphatic carbocycles. The number of nitrogens with two attached hydrogens (primary N) is 2. The number of rotatable bonds is 2. The van der Waals surface area contributed by atoms with E-state index in [2.05, 4.69) is 25.9 Å². The Morgan fingerprint density at radius 1 is 0.774 bits per heavy atom. The number of nitrogen functional groups attached to an aromatic ring is 2. The zero-order chi connectivity index (χ0) is 22.5. The Morgan fingerprint density at radius 2 is 1.35 bits per heavy atom. The minimum absolute atomic E-state index is 0.145. The number of aromatic nitrogens is 2. The Balaban J connectivity index is 0.000000181. The van der Waals surface area contributed by atoms with Crippen LogP contribution in [0.1, 0.15) is 21.6 Å². The number of para-hydroxylation sites is 2. The quantitative estimate of drug-likeness (QED) is 0.243. The smallest absolute Gasteiger partial charge is 0.213 e. The van der Waals surface area contributed by atoms with Gasteiger partial charge in [-0.05, 0) is 64.5 Å². The van der Waals surface area contributed by atoms with Crippen LogP contribution in [-0.4, -0.2) is 15.8 Å². The van der Waals surface area contributed by atoms with Crippen molar-refractivity contribution in [3.8, 4) is 6.07 Å². The maximum Gasteiger partial charge on any atom is 0.213 e. The Kier molecular flexibility index (Phi) is 9.40. The van der Waals surface area contributed by atoms with Crippen LogP contribution in [0.4, 0.5) is 11.4 Å². The number of nitriles is 1. The molecule has 2 heterocycles. The van der Waals surface area contributed by atoms with Gasteiger partial charge in [0.15, 0.2) is 0 Å². The van der Waals surface area contributed by atoms with E-state index in [-0.39, 0.29) is 5.78 Å². The van der Waals surface area contributed by atoms with Crippen LogP contribution in [0.5, 0.6) is 0 Å². The zero-order valence-corrected chi connectivity index (χ0v) is 18.1. The molecule has 154 valence electrons. The monoisotopic (exact) mass is 473 g/mol. The molecule has 4 N–H and O–H groups in total. The summed E-state index contributed by atoms with van der Waals surface area (Å²) in [5, 5.41) is 8.39. The molecule has 0 atom stereocenters. The Hall–Kier alpha value is -4.02. The number of pyridine rings is 2. The average Bonchev–Trinajstić information content (AvgIpc) is 2.81. The summed E-state index contributed by atoms with van der Waals surface area (Å²) >= 11 is 3.20. The molecular weight excluding hydrogens is 454 g/mol. The largest absolute Gasteiger partial charge is 0.398 e. The summed E-state index contributed by atoms with van der Waals surface area (Å²) in [5.41, 5.74) is 13.6. The second kappa shape index (κ2) is 12.5. The van der Waals surface area contributed by atoms with Crippen LogP contribution in [-0.2, 0) is 0 Å². The molecule has 4 rings (SSSR count). The normalized spacial score (nSPS) is 9.16. The molecule has 0 unspecified atom stereocenters. The molecule has 0 amide bonds. The van der Waals surface area contributed by atoms with Crippen LogP contribution in [0.25, 0.3) is 0 Å². The number of ketones is 1. The molecule has 0 fully saturated rings. The lowest BCUT2D eigenvalue weighted by atomic mass is 10.1. The Labute approximate surface area is 189 Å². The van der Waals surface area contributed by atoms with Gasteiger partial charge in [-0.1, -0.05) is 36.4 Å². The average molecular weight is 474 g/mol. The third-order valence-electron chi connectivity index (χ3n) is 3.81. The minimum Gasteiger partial charge on any atom is -0.398 e. The summed E-state index contributed by atoms with van der Waals surface area (Å²) in [6.07, 6.45) is 3.33. The fraction of sp³-hybridized carbons (Fsp3) is 0. The second-order valence-electron chi connectivity index (χ2n) is 5.98. The van der Waals surface area contributed by atoms with Crippen LogP contribution >= 0.6 is 15.9 Å². The van der Waals surface area contributed by atoms with Gasteiger partial charge in [-0.3, -0.25) is 9.78 Å². The molecule has 0 aliphatic heterocycles. The van der Waals surface area contributed by atoms with Crippen LogP contribution in [0.15, 0.2) is 102 Å². The molecule has 7 heteroatoms. The van der Waals surface area contributed by atoms with Crippen molar-refractivity contribution in [1.29, 1.82) is 5.26 Å². The van der Waals surface area contributed by atoms with E-state index >= 15 is 0 Å². The van der Waals surface area contributed by atoms with E-state index in [1.54, 1.807) is 79.1 Å². The van der Waals surface area contributed by atoms with Crippen molar-refractivity contribution in [1.82, 2.24) is 9.97 Å². The summed E-state index contributed by atoms with van der Waals surface area (Å²) in [6, 6.07) is 26.9. The van der Waals surface area contributed by atoms with Gasteiger partial charge in [-0.25, -0.2) is 4.98 Å². The van der Waals surface area contributed by atoms with Crippen LogP contribution in [0.3, 0.4) is 0 Å². The lowest BCUT2D eigenvalue weighted by Gasteiger charge is -2.02. The van der Waals surface area contributed by atoms with Crippen molar-refractivity contribution in [2.45, 2.75) is 0 Å². The summed E-state index contributed by atoms with van der Waals surface area (Å²) < 4.78 is 0.884. The number of carbonyl (C=O) groups excluding carboxylic acids is 1. The first-order valence-corrected chi connectivity index (χ1v) is 9.93. The van der Waals surface area contributed by atoms with E-state index < -0.39 is 0 Å². The van der Waals surface area contributed by atoms with Crippen LogP contribution in [0.2, 0.25) is 0 Å². The van der Waals surface area contributed by atoms with Crippen molar-refractivity contribution in [2.24, 2.45) is 0 Å². The van der Waals surface area contributed by atoms with Gasteiger partial charge in [-0.15, -0.1) is 0 Å². The summed E-state index contributed by atoms with van der Waals surface area (Å²) in [4.78, 5) is 19.8. The van der Waals surface area contributed by atoms with E-state index in [9.17, 15) is 4.79 Å². The van der Waals surface area contributed by atoms with Crippen LogP contribution in [0, 0.1) is 11.3 Å². The Bertz CT molecular complexity index is 1150. The molecule has 0 saturated carbocycles. The molecule has 0 saturated heterocycles. The molecule has 0 spiro atoms. The third-order valence-corrected chi connectivity index (χ3v) is 4.28. The minimum atomic E-state index is -0.145. The molecule has 2 aromatic carbocycles.